The van der Waals surface area contributed by atoms with Crippen LogP contribution in [0.5, 0.6) is 11.6 Å². The van der Waals surface area contributed by atoms with Crippen molar-refractivity contribution in [1.82, 2.24) is 29.9 Å². The standard InChI is InChI=1S/C30H30N6O5/c1-20(22-7-10-24(11-8-22)35-15-13-31-21(35)2)33-30(39)27-6-3-14-36(27)29(38)18-26-17-28(34-41-26)40-16-4-5-23-9-12-25(37)19-32-23/h7-13,15,17,19-20,27,37H,3,6,14,16,18H2,1-2H3,(H,33,39)/t20-,27-/m0/s1. The summed E-state index contributed by atoms with van der Waals surface area (Å²) in [7, 11) is 0. The molecule has 1 fully saturated rings. The molecule has 1 aliphatic heterocycles. The highest BCUT2D eigenvalue weighted by atomic mass is 16.5. The predicted octanol–water partition coefficient (Wildman–Crippen LogP) is 3.11. The number of likely N-dealkylation sites (tertiary alicyclic amines) is 1. The lowest BCUT2D eigenvalue weighted by Crippen LogP contribution is -2.47. The molecule has 1 saturated heterocycles. The number of aryl methyl sites for hydroxylation is 1. The summed E-state index contributed by atoms with van der Waals surface area (Å²) in [5.41, 5.74) is 2.46. The third-order valence-corrected chi connectivity index (χ3v) is 6.85. The predicted molar refractivity (Wildman–Crippen MR) is 148 cm³/mol. The minimum Gasteiger partial charge on any atom is -0.506 e. The Bertz CT molecular complexity index is 1570. The van der Waals surface area contributed by atoms with Crippen molar-refractivity contribution in [3.05, 3.63) is 83.9 Å². The molecule has 3 aromatic heterocycles. The van der Waals surface area contributed by atoms with Gasteiger partial charge in [-0.3, -0.25) is 9.59 Å². The Hall–Kier alpha value is -5.11. The topological polar surface area (TPSA) is 136 Å². The van der Waals surface area contributed by atoms with Gasteiger partial charge in [-0.05, 0) is 67.6 Å². The van der Waals surface area contributed by atoms with Gasteiger partial charge in [-0.2, -0.15) is 0 Å². The first kappa shape index (κ1) is 27.5. The summed E-state index contributed by atoms with van der Waals surface area (Å²) < 4.78 is 12.7. The summed E-state index contributed by atoms with van der Waals surface area (Å²) in [4.78, 5) is 36.1. The van der Waals surface area contributed by atoms with Crippen molar-refractivity contribution in [2.45, 2.75) is 45.2 Å². The maximum absolute atomic E-state index is 13.2. The summed E-state index contributed by atoms with van der Waals surface area (Å²) in [6, 6.07) is 11.8. The van der Waals surface area contributed by atoms with Gasteiger partial charge in [0.25, 0.3) is 5.88 Å². The third-order valence-electron chi connectivity index (χ3n) is 6.85. The van der Waals surface area contributed by atoms with Crippen LogP contribution in [0.1, 0.15) is 48.6 Å². The molecule has 1 aliphatic rings. The molecule has 0 radical (unpaired) electrons. The molecule has 210 valence electrons. The number of nitrogens with one attached hydrogen (secondary N) is 1. The number of carbonyl (C=O) groups is 2. The maximum atomic E-state index is 13.2. The van der Waals surface area contributed by atoms with Crippen molar-refractivity contribution in [3.8, 4) is 29.2 Å². The van der Waals surface area contributed by atoms with Gasteiger partial charge >= 0.3 is 0 Å². The van der Waals surface area contributed by atoms with Crippen LogP contribution in [0.15, 0.2) is 65.6 Å². The molecule has 41 heavy (non-hydrogen) atoms. The highest BCUT2D eigenvalue weighted by Crippen LogP contribution is 2.22. The van der Waals surface area contributed by atoms with E-state index in [0.717, 1.165) is 23.5 Å². The molecule has 1 aromatic carbocycles. The van der Waals surface area contributed by atoms with Crippen LogP contribution in [0.4, 0.5) is 0 Å². The van der Waals surface area contributed by atoms with E-state index in [1.807, 2.05) is 48.9 Å². The van der Waals surface area contributed by atoms with E-state index in [2.05, 4.69) is 32.3 Å². The SMILES string of the molecule is Cc1nccn1-c1ccc([C@H](C)NC(=O)[C@@H]2CCCN2C(=O)Cc2cc(OCC#Cc3ccc(O)cn3)no2)cc1. The number of benzene rings is 1. The number of hydrogen-bond acceptors (Lipinski definition) is 8. The zero-order valence-electron chi connectivity index (χ0n) is 22.8. The fraction of sp³-hybridized carbons (Fsp3) is 0.300. The normalized spacial score (nSPS) is 15.2. The van der Waals surface area contributed by atoms with Crippen molar-refractivity contribution in [1.29, 1.82) is 0 Å². The number of aromatic nitrogens is 4. The van der Waals surface area contributed by atoms with Gasteiger partial charge in [-0.1, -0.05) is 18.1 Å². The molecule has 11 nitrogen and oxygen atoms in total. The van der Waals surface area contributed by atoms with Gasteiger partial charge in [0.2, 0.25) is 11.8 Å². The van der Waals surface area contributed by atoms with Crippen LogP contribution in [0, 0.1) is 18.8 Å². The first-order valence-corrected chi connectivity index (χ1v) is 13.3. The zero-order chi connectivity index (χ0) is 28.8. The Morgan fingerprint density at radius 2 is 2.05 bits per heavy atom. The van der Waals surface area contributed by atoms with Crippen molar-refractivity contribution in [3.63, 3.8) is 0 Å². The van der Waals surface area contributed by atoms with Crippen LogP contribution in [-0.2, 0) is 16.0 Å². The summed E-state index contributed by atoms with van der Waals surface area (Å²) in [5, 5.41) is 16.2. The molecular weight excluding hydrogens is 524 g/mol. The number of pyridine rings is 1. The van der Waals surface area contributed by atoms with Crippen molar-refractivity contribution in [2.75, 3.05) is 13.2 Å². The van der Waals surface area contributed by atoms with Gasteiger partial charge in [-0.25, -0.2) is 9.97 Å². The van der Waals surface area contributed by atoms with Crippen LogP contribution in [0.2, 0.25) is 0 Å². The number of amides is 2. The number of ether oxygens (including phenoxy) is 1. The Morgan fingerprint density at radius 3 is 2.78 bits per heavy atom. The number of hydrogen-bond donors (Lipinski definition) is 2. The van der Waals surface area contributed by atoms with E-state index >= 15 is 0 Å². The molecule has 2 atom stereocenters. The molecule has 2 N–H and O–H groups in total. The number of rotatable bonds is 8. The van der Waals surface area contributed by atoms with Crippen molar-refractivity contribution >= 4 is 11.8 Å². The monoisotopic (exact) mass is 554 g/mol. The molecule has 4 heterocycles. The minimum absolute atomic E-state index is 0.0338. The van der Waals surface area contributed by atoms with Crippen LogP contribution in [0.25, 0.3) is 5.69 Å². The van der Waals surface area contributed by atoms with Crippen molar-refractivity contribution in [2.24, 2.45) is 0 Å². The molecule has 2 amide bonds. The summed E-state index contributed by atoms with van der Waals surface area (Å²) in [6.45, 7) is 4.42. The Morgan fingerprint density at radius 1 is 1.22 bits per heavy atom. The lowest BCUT2D eigenvalue weighted by molar-refractivity contribution is -0.138. The number of nitrogens with zero attached hydrogens (tertiary/aromatic N) is 5. The van der Waals surface area contributed by atoms with E-state index in [4.69, 9.17) is 9.26 Å². The van der Waals surface area contributed by atoms with E-state index in [1.165, 1.54) is 12.3 Å². The van der Waals surface area contributed by atoms with E-state index in [-0.39, 0.29) is 42.5 Å². The summed E-state index contributed by atoms with van der Waals surface area (Å²) in [6.07, 6.45) is 6.28. The second kappa shape index (κ2) is 12.4. The fourth-order valence-electron chi connectivity index (χ4n) is 4.70. The third kappa shape index (κ3) is 6.73. The number of aromatic hydroxyl groups is 1. The van der Waals surface area contributed by atoms with Crippen LogP contribution >= 0.6 is 0 Å². The molecule has 0 spiro atoms. The van der Waals surface area contributed by atoms with Gasteiger partial charge in [0.1, 0.15) is 29.1 Å². The molecular formula is C30H30N6O5. The fourth-order valence-corrected chi connectivity index (χ4v) is 4.70. The van der Waals surface area contributed by atoms with Crippen LogP contribution < -0.4 is 10.1 Å². The van der Waals surface area contributed by atoms with E-state index in [9.17, 15) is 14.7 Å². The number of imidazole rings is 1. The molecule has 11 heteroatoms. The zero-order valence-corrected chi connectivity index (χ0v) is 22.8. The van der Waals surface area contributed by atoms with Gasteiger partial charge in [0.15, 0.2) is 6.61 Å². The minimum atomic E-state index is -0.541. The largest absolute Gasteiger partial charge is 0.506 e. The summed E-state index contributed by atoms with van der Waals surface area (Å²) >= 11 is 0. The molecule has 4 aromatic rings. The van der Waals surface area contributed by atoms with Crippen LogP contribution in [0.3, 0.4) is 0 Å². The average molecular weight is 555 g/mol. The molecule has 0 aliphatic carbocycles. The van der Waals surface area contributed by atoms with E-state index in [1.54, 1.807) is 23.2 Å². The summed E-state index contributed by atoms with van der Waals surface area (Å²) in [5.74, 6) is 6.73. The van der Waals surface area contributed by atoms with Crippen molar-refractivity contribution < 1.29 is 24.0 Å². The Kier molecular flexibility index (Phi) is 8.29. The van der Waals surface area contributed by atoms with E-state index in [0.29, 0.717) is 24.4 Å². The lowest BCUT2D eigenvalue weighted by Gasteiger charge is -2.25. The van der Waals surface area contributed by atoms with Gasteiger partial charge in [0, 0.05) is 30.7 Å². The maximum Gasteiger partial charge on any atom is 0.255 e. The molecule has 0 saturated carbocycles. The first-order chi connectivity index (χ1) is 19.9. The average Bonchev–Trinajstić information content (AvgIpc) is 3.73. The Balaban J connectivity index is 1.12. The highest BCUT2D eigenvalue weighted by molar-refractivity contribution is 5.89. The van der Waals surface area contributed by atoms with Gasteiger partial charge in [0.05, 0.1) is 18.7 Å². The molecule has 0 bridgehead atoms. The molecule has 0 unspecified atom stereocenters. The van der Waals surface area contributed by atoms with Gasteiger partial charge < -0.3 is 29.2 Å². The lowest BCUT2D eigenvalue weighted by atomic mass is 10.1. The Labute approximate surface area is 237 Å². The molecule has 5 rings (SSSR count). The number of carbonyl (C=O) groups excluding carboxylic acids is 2. The second-order valence-electron chi connectivity index (χ2n) is 9.71. The quantitative estimate of drug-likeness (QED) is 0.317. The van der Waals surface area contributed by atoms with Gasteiger partial charge in [-0.15, -0.1) is 0 Å². The van der Waals surface area contributed by atoms with Crippen LogP contribution in [-0.4, -0.2) is 60.7 Å². The second-order valence-corrected chi connectivity index (χ2v) is 9.71. The highest BCUT2D eigenvalue weighted by Gasteiger charge is 2.35. The smallest absolute Gasteiger partial charge is 0.255 e. The van der Waals surface area contributed by atoms with E-state index < -0.39 is 6.04 Å². The first-order valence-electron chi connectivity index (χ1n) is 13.3.